The van der Waals surface area contributed by atoms with Gasteiger partial charge < -0.3 is 9.97 Å². The molecule has 0 bridgehead atoms. The molecule has 0 aliphatic rings. The Kier molecular flexibility index (Phi) is 4.40. The summed E-state index contributed by atoms with van der Waals surface area (Å²) in [6, 6.07) is 15.5. The summed E-state index contributed by atoms with van der Waals surface area (Å²) in [6.07, 6.45) is 0.299. The van der Waals surface area contributed by atoms with Gasteiger partial charge in [0.25, 0.3) is 11.1 Å². The fourth-order valence-electron chi connectivity index (χ4n) is 2.91. The topological polar surface area (TPSA) is 65.7 Å². The molecule has 0 aliphatic heterocycles. The van der Waals surface area contributed by atoms with Gasteiger partial charge in [-0.2, -0.15) is 0 Å². The first-order valence-electron chi connectivity index (χ1n) is 7.62. The zero-order valence-corrected chi connectivity index (χ0v) is 17.2. The van der Waals surface area contributed by atoms with Crippen LogP contribution in [-0.4, -0.2) is 9.97 Å². The highest BCUT2D eigenvalue weighted by atomic mass is 127. The van der Waals surface area contributed by atoms with E-state index in [0.717, 1.165) is 28.9 Å². The van der Waals surface area contributed by atoms with Gasteiger partial charge in [-0.15, -0.1) is 0 Å². The van der Waals surface area contributed by atoms with Crippen molar-refractivity contribution in [2.24, 2.45) is 0 Å². The van der Waals surface area contributed by atoms with Crippen molar-refractivity contribution in [3.63, 3.8) is 0 Å². The van der Waals surface area contributed by atoms with Crippen molar-refractivity contribution in [2.45, 2.75) is 6.42 Å². The number of aromatic nitrogens is 2. The summed E-state index contributed by atoms with van der Waals surface area (Å²) in [6.45, 7) is 0. The van der Waals surface area contributed by atoms with Crippen LogP contribution in [0.3, 0.4) is 0 Å². The van der Waals surface area contributed by atoms with Gasteiger partial charge in [0.05, 0.1) is 0 Å². The van der Waals surface area contributed by atoms with Crippen LogP contribution < -0.4 is 11.1 Å². The molecule has 4 rings (SSSR count). The van der Waals surface area contributed by atoms with Crippen molar-refractivity contribution in [1.29, 1.82) is 0 Å². The number of halogens is 2. The van der Waals surface area contributed by atoms with Gasteiger partial charge >= 0.3 is 0 Å². The number of pyridine rings is 2. The van der Waals surface area contributed by atoms with E-state index in [2.05, 4.69) is 55.1 Å². The number of aromatic amines is 2. The lowest BCUT2D eigenvalue weighted by Gasteiger charge is -2.06. The Morgan fingerprint density at radius 3 is 1.56 bits per heavy atom. The number of hydrogen-bond donors (Lipinski definition) is 2. The number of H-pyrrole nitrogens is 2. The van der Waals surface area contributed by atoms with Gasteiger partial charge in [-0.3, -0.25) is 9.59 Å². The van der Waals surface area contributed by atoms with Crippen molar-refractivity contribution in [3.8, 4) is 0 Å². The molecule has 25 heavy (non-hydrogen) atoms. The van der Waals surface area contributed by atoms with E-state index in [9.17, 15) is 9.59 Å². The van der Waals surface area contributed by atoms with Gasteiger partial charge in [0.1, 0.15) is 0 Å². The van der Waals surface area contributed by atoms with E-state index in [1.54, 1.807) is 0 Å². The number of fused-ring (bicyclic) bond motifs is 2. The summed E-state index contributed by atoms with van der Waals surface area (Å²) < 4.78 is 2.20. The molecule has 2 N–H and O–H groups in total. The summed E-state index contributed by atoms with van der Waals surface area (Å²) in [5.74, 6) is 0. The van der Waals surface area contributed by atoms with Crippen LogP contribution in [0.15, 0.2) is 58.1 Å². The molecule has 124 valence electrons. The summed E-state index contributed by atoms with van der Waals surface area (Å²) in [7, 11) is 0. The Balaban J connectivity index is 1.84. The molecule has 6 heteroatoms. The predicted molar refractivity (Wildman–Crippen MR) is 117 cm³/mol. The van der Waals surface area contributed by atoms with E-state index in [4.69, 9.17) is 0 Å². The molecule has 0 saturated carbocycles. The summed E-state index contributed by atoms with van der Waals surface area (Å²) in [5, 5.41) is 1.93. The molecule has 2 aromatic carbocycles. The first-order valence-corrected chi connectivity index (χ1v) is 9.78. The second-order valence-corrected chi connectivity index (χ2v) is 8.38. The number of nitrogens with one attached hydrogen (secondary N) is 2. The molecule has 0 fully saturated rings. The second-order valence-electron chi connectivity index (χ2n) is 5.89. The number of benzene rings is 2. The van der Waals surface area contributed by atoms with Crippen molar-refractivity contribution >= 4 is 67.0 Å². The molecular formula is C19H12I2N2O2. The van der Waals surface area contributed by atoms with Crippen LogP contribution >= 0.6 is 45.2 Å². The van der Waals surface area contributed by atoms with E-state index in [1.807, 2.05) is 48.5 Å². The second kappa shape index (κ2) is 6.56. The van der Waals surface area contributed by atoms with Crippen molar-refractivity contribution in [2.75, 3.05) is 0 Å². The quantitative estimate of drug-likeness (QED) is 0.366. The van der Waals surface area contributed by atoms with Crippen LogP contribution in [0.1, 0.15) is 11.1 Å². The molecule has 0 radical (unpaired) electrons. The van der Waals surface area contributed by atoms with E-state index >= 15 is 0 Å². The van der Waals surface area contributed by atoms with E-state index in [-0.39, 0.29) is 11.1 Å². The lowest BCUT2D eigenvalue weighted by atomic mass is 10.0. The standard InChI is InChI=1S/C19H12I2N2O2/c20-14-1-3-16-10(8-14)5-12(18(24)22-16)7-13-6-11-9-15(21)2-4-17(11)23-19(13)25/h1-6,8-9H,7H2,(H,22,24)(H,23,25). The van der Waals surface area contributed by atoms with E-state index < -0.39 is 0 Å². The van der Waals surface area contributed by atoms with Crippen molar-refractivity contribution < 1.29 is 0 Å². The van der Waals surface area contributed by atoms with Gasteiger partial charge in [0.15, 0.2) is 0 Å². The maximum absolute atomic E-state index is 12.4. The van der Waals surface area contributed by atoms with Gasteiger partial charge in [-0.1, -0.05) is 0 Å². The first-order chi connectivity index (χ1) is 12.0. The highest BCUT2D eigenvalue weighted by Crippen LogP contribution is 2.18. The van der Waals surface area contributed by atoms with Crippen LogP contribution in [0.5, 0.6) is 0 Å². The summed E-state index contributed by atoms with van der Waals surface area (Å²) in [5.41, 5.74) is 2.47. The Bertz CT molecular complexity index is 1140. The minimum Gasteiger partial charge on any atom is -0.322 e. The minimum absolute atomic E-state index is 0.157. The summed E-state index contributed by atoms with van der Waals surface area (Å²) in [4.78, 5) is 30.6. The third-order valence-corrected chi connectivity index (χ3v) is 5.49. The lowest BCUT2D eigenvalue weighted by molar-refractivity contribution is 1.08. The van der Waals surface area contributed by atoms with Crippen molar-refractivity contribution in [1.82, 2.24) is 9.97 Å². The molecule has 4 aromatic rings. The average Bonchev–Trinajstić information content (AvgIpc) is 2.57. The largest absolute Gasteiger partial charge is 0.322 e. The SMILES string of the molecule is O=c1[nH]c2ccc(I)cc2cc1Cc1cc2cc(I)ccc2[nH]c1=O. The molecular weight excluding hydrogens is 542 g/mol. The molecule has 0 spiro atoms. The Hall–Kier alpha value is -1.68. The molecule has 2 heterocycles. The van der Waals surface area contributed by atoms with Crippen LogP contribution in [0, 0.1) is 7.14 Å². The third kappa shape index (κ3) is 3.37. The fraction of sp³-hybridized carbons (Fsp3) is 0.0526. The van der Waals surface area contributed by atoms with Crippen molar-refractivity contribution in [3.05, 3.63) is 87.5 Å². The van der Waals surface area contributed by atoms with Crippen LogP contribution in [0.2, 0.25) is 0 Å². The van der Waals surface area contributed by atoms with Crippen LogP contribution in [-0.2, 0) is 6.42 Å². The lowest BCUT2D eigenvalue weighted by Crippen LogP contribution is -2.18. The first kappa shape index (κ1) is 16.8. The maximum atomic E-state index is 12.4. The molecule has 4 nitrogen and oxygen atoms in total. The molecule has 0 unspecified atom stereocenters. The highest BCUT2D eigenvalue weighted by Gasteiger charge is 2.09. The normalized spacial score (nSPS) is 11.3. The fourth-order valence-corrected chi connectivity index (χ4v) is 3.94. The molecule has 0 amide bonds. The van der Waals surface area contributed by atoms with Crippen LogP contribution in [0.25, 0.3) is 21.8 Å². The zero-order chi connectivity index (χ0) is 17.6. The molecule has 2 aromatic heterocycles. The Labute approximate surface area is 170 Å². The van der Waals surface area contributed by atoms with E-state index in [0.29, 0.717) is 17.5 Å². The average molecular weight is 554 g/mol. The number of rotatable bonds is 2. The minimum atomic E-state index is -0.157. The van der Waals surface area contributed by atoms with Gasteiger partial charge in [0.2, 0.25) is 0 Å². The maximum Gasteiger partial charge on any atom is 0.251 e. The summed E-state index contributed by atoms with van der Waals surface area (Å²) >= 11 is 4.48. The zero-order valence-electron chi connectivity index (χ0n) is 12.9. The molecule has 0 atom stereocenters. The van der Waals surface area contributed by atoms with Crippen LogP contribution in [0.4, 0.5) is 0 Å². The Morgan fingerprint density at radius 1 is 0.680 bits per heavy atom. The molecule has 0 aliphatic carbocycles. The van der Waals surface area contributed by atoms with Gasteiger partial charge in [-0.05, 0) is 104 Å². The number of hydrogen-bond acceptors (Lipinski definition) is 2. The highest BCUT2D eigenvalue weighted by molar-refractivity contribution is 14.1. The third-order valence-electron chi connectivity index (χ3n) is 4.15. The smallest absolute Gasteiger partial charge is 0.251 e. The predicted octanol–water partition coefficient (Wildman–Crippen LogP) is 4.17. The van der Waals surface area contributed by atoms with Gasteiger partial charge in [0, 0.05) is 35.7 Å². The molecule has 0 saturated heterocycles. The monoisotopic (exact) mass is 554 g/mol. The van der Waals surface area contributed by atoms with E-state index in [1.165, 1.54) is 0 Å². The van der Waals surface area contributed by atoms with Gasteiger partial charge in [-0.25, -0.2) is 0 Å². The Morgan fingerprint density at radius 2 is 1.12 bits per heavy atom.